The molecule has 2 rings (SSSR count). The van der Waals surface area contributed by atoms with Crippen LogP contribution in [0.3, 0.4) is 0 Å². The summed E-state index contributed by atoms with van der Waals surface area (Å²) in [4.78, 5) is 3.98. The third-order valence-corrected chi connectivity index (χ3v) is 3.32. The first kappa shape index (κ1) is 11.1. The molecule has 0 radical (unpaired) electrons. The SMILES string of the molecule is CC(C)c1nnc(NCCn2ccnc2)s1. The molecular formula is C10H15N5S. The normalized spacial score (nSPS) is 10.9. The Labute approximate surface area is 98.5 Å². The summed E-state index contributed by atoms with van der Waals surface area (Å²) in [5.41, 5.74) is 0. The summed E-state index contributed by atoms with van der Waals surface area (Å²) in [5.74, 6) is 0.446. The van der Waals surface area contributed by atoms with Gasteiger partial charge in [0.1, 0.15) is 5.01 Å². The van der Waals surface area contributed by atoms with Gasteiger partial charge < -0.3 is 9.88 Å². The van der Waals surface area contributed by atoms with Crippen molar-refractivity contribution in [3.05, 3.63) is 23.7 Å². The highest BCUT2D eigenvalue weighted by Crippen LogP contribution is 2.21. The van der Waals surface area contributed by atoms with Crippen molar-refractivity contribution in [2.45, 2.75) is 26.3 Å². The molecule has 6 heteroatoms. The predicted molar refractivity (Wildman–Crippen MR) is 64.7 cm³/mol. The Morgan fingerprint density at radius 3 is 2.94 bits per heavy atom. The lowest BCUT2D eigenvalue weighted by Gasteiger charge is -2.02. The lowest BCUT2D eigenvalue weighted by atomic mass is 10.2. The van der Waals surface area contributed by atoms with Gasteiger partial charge in [0, 0.05) is 31.4 Å². The van der Waals surface area contributed by atoms with Gasteiger partial charge in [-0.15, -0.1) is 10.2 Å². The Hall–Kier alpha value is -1.43. The second kappa shape index (κ2) is 5.07. The zero-order valence-electron chi connectivity index (χ0n) is 9.42. The van der Waals surface area contributed by atoms with Gasteiger partial charge in [-0.05, 0) is 0 Å². The Kier molecular flexibility index (Phi) is 3.51. The van der Waals surface area contributed by atoms with Gasteiger partial charge in [-0.25, -0.2) is 4.98 Å². The fourth-order valence-corrected chi connectivity index (χ4v) is 2.02. The molecule has 0 unspecified atom stereocenters. The number of aromatic nitrogens is 4. The summed E-state index contributed by atoms with van der Waals surface area (Å²) in [7, 11) is 0. The maximum atomic E-state index is 4.12. The molecule has 0 aliphatic heterocycles. The standard InChI is InChI=1S/C10H15N5S/c1-8(2)9-13-14-10(16-9)12-4-6-15-5-3-11-7-15/h3,5,7-8H,4,6H2,1-2H3,(H,12,14). The predicted octanol–water partition coefficient (Wildman–Crippen LogP) is 1.97. The van der Waals surface area contributed by atoms with Gasteiger partial charge in [0.25, 0.3) is 0 Å². The van der Waals surface area contributed by atoms with E-state index in [1.54, 1.807) is 23.9 Å². The molecule has 2 heterocycles. The summed E-state index contributed by atoms with van der Waals surface area (Å²) in [6.07, 6.45) is 5.53. The van der Waals surface area contributed by atoms with Crippen LogP contribution in [-0.2, 0) is 6.54 Å². The van der Waals surface area contributed by atoms with Crippen LogP contribution in [0.4, 0.5) is 5.13 Å². The van der Waals surface area contributed by atoms with E-state index in [0.29, 0.717) is 5.92 Å². The van der Waals surface area contributed by atoms with Crippen LogP contribution < -0.4 is 5.32 Å². The zero-order valence-corrected chi connectivity index (χ0v) is 10.2. The first-order chi connectivity index (χ1) is 7.75. The molecule has 0 bridgehead atoms. The van der Waals surface area contributed by atoms with Gasteiger partial charge in [-0.3, -0.25) is 0 Å². The molecule has 0 fully saturated rings. The van der Waals surface area contributed by atoms with Gasteiger partial charge >= 0.3 is 0 Å². The number of nitrogens with one attached hydrogen (secondary N) is 1. The van der Waals surface area contributed by atoms with Crippen LogP contribution in [0.1, 0.15) is 24.8 Å². The zero-order chi connectivity index (χ0) is 11.4. The molecule has 0 aliphatic carbocycles. The number of anilines is 1. The Balaban J connectivity index is 1.81. The molecule has 2 aromatic rings. The molecule has 0 atom stereocenters. The molecular weight excluding hydrogens is 222 g/mol. The van der Waals surface area contributed by atoms with E-state index in [0.717, 1.165) is 23.2 Å². The molecule has 0 saturated carbocycles. The Morgan fingerprint density at radius 2 is 2.31 bits per heavy atom. The second-order valence-corrected chi connectivity index (χ2v) is 4.84. The third-order valence-electron chi connectivity index (χ3n) is 2.14. The average molecular weight is 237 g/mol. The molecule has 1 N–H and O–H groups in total. The minimum atomic E-state index is 0.446. The lowest BCUT2D eigenvalue weighted by molar-refractivity contribution is 0.725. The molecule has 0 aromatic carbocycles. The number of imidazole rings is 1. The van der Waals surface area contributed by atoms with Gasteiger partial charge in [0.15, 0.2) is 0 Å². The summed E-state index contributed by atoms with van der Waals surface area (Å²) < 4.78 is 2.03. The fraction of sp³-hybridized carbons (Fsp3) is 0.500. The van der Waals surface area contributed by atoms with Gasteiger partial charge in [0.2, 0.25) is 5.13 Å². The van der Waals surface area contributed by atoms with E-state index in [1.165, 1.54) is 0 Å². The lowest BCUT2D eigenvalue weighted by Crippen LogP contribution is -2.08. The molecule has 16 heavy (non-hydrogen) atoms. The molecule has 0 spiro atoms. The molecule has 5 nitrogen and oxygen atoms in total. The van der Waals surface area contributed by atoms with Crippen molar-refractivity contribution in [1.82, 2.24) is 19.7 Å². The van der Waals surface area contributed by atoms with E-state index in [4.69, 9.17) is 0 Å². The largest absolute Gasteiger partial charge is 0.358 e. The molecule has 2 aromatic heterocycles. The minimum Gasteiger partial charge on any atom is -0.358 e. The quantitative estimate of drug-likeness (QED) is 0.863. The maximum absolute atomic E-state index is 4.12. The van der Waals surface area contributed by atoms with Crippen molar-refractivity contribution in [3.8, 4) is 0 Å². The van der Waals surface area contributed by atoms with Gasteiger partial charge in [-0.1, -0.05) is 25.2 Å². The van der Waals surface area contributed by atoms with E-state index in [-0.39, 0.29) is 0 Å². The summed E-state index contributed by atoms with van der Waals surface area (Å²) >= 11 is 1.62. The smallest absolute Gasteiger partial charge is 0.205 e. The fourth-order valence-electron chi connectivity index (χ4n) is 1.25. The number of hydrogen-bond donors (Lipinski definition) is 1. The van der Waals surface area contributed by atoms with Crippen molar-refractivity contribution in [3.63, 3.8) is 0 Å². The van der Waals surface area contributed by atoms with Gasteiger partial charge in [0.05, 0.1) is 6.33 Å². The van der Waals surface area contributed by atoms with Crippen LogP contribution in [0, 0.1) is 0 Å². The van der Waals surface area contributed by atoms with Crippen molar-refractivity contribution >= 4 is 16.5 Å². The van der Waals surface area contributed by atoms with E-state index >= 15 is 0 Å². The maximum Gasteiger partial charge on any atom is 0.205 e. The highest BCUT2D eigenvalue weighted by atomic mass is 32.1. The summed E-state index contributed by atoms with van der Waals surface area (Å²) in [6.45, 7) is 5.96. The van der Waals surface area contributed by atoms with E-state index in [1.807, 2.05) is 10.8 Å². The van der Waals surface area contributed by atoms with Crippen LogP contribution in [-0.4, -0.2) is 26.3 Å². The topological polar surface area (TPSA) is 55.6 Å². The van der Waals surface area contributed by atoms with Crippen molar-refractivity contribution in [2.24, 2.45) is 0 Å². The highest BCUT2D eigenvalue weighted by molar-refractivity contribution is 7.15. The summed E-state index contributed by atoms with van der Waals surface area (Å²) in [5, 5.41) is 13.4. The van der Waals surface area contributed by atoms with Crippen molar-refractivity contribution < 1.29 is 0 Å². The van der Waals surface area contributed by atoms with Crippen molar-refractivity contribution in [2.75, 3.05) is 11.9 Å². The van der Waals surface area contributed by atoms with Crippen LogP contribution in [0.2, 0.25) is 0 Å². The molecule has 0 saturated heterocycles. The summed E-state index contributed by atoms with van der Waals surface area (Å²) in [6, 6.07) is 0. The highest BCUT2D eigenvalue weighted by Gasteiger charge is 2.06. The van der Waals surface area contributed by atoms with E-state index in [9.17, 15) is 0 Å². The number of nitrogens with zero attached hydrogens (tertiary/aromatic N) is 4. The minimum absolute atomic E-state index is 0.446. The number of hydrogen-bond acceptors (Lipinski definition) is 5. The Bertz CT molecular complexity index is 420. The van der Waals surface area contributed by atoms with Crippen LogP contribution >= 0.6 is 11.3 Å². The first-order valence-corrected chi connectivity index (χ1v) is 6.10. The molecule has 86 valence electrons. The molecule has 0 amide bonds. The van der Waals surface area contributed by atoms with Crippen LogP contribution in [0.15, 0.2) is 18.7 Å². The van der Waals surface area contributed by atoms with Gasteiger partial charge in [-0.2, -0.15) is 0 Å². The van der Waals surface area contributed by atoms with E-state index in [2.05, 4.69) is 34.3 Å². The molecule has 0 aliphatic rings. The third kappa shape index (κ3) is 2.79. The Morgan fingerprint density at radius 1 is 1.44 bits per heavy atom. The average Bonchev–Trinajstić information content (AvgIpc) is 2.87. The van der Waals surface area contributed by atoms with E-state index < -0.39 is 0 Å². The second-order valence-electron chi connectivity index (χ2n) is 3.83. The first-order valence-electron chi connectivity index (χ1n) is 5.28. The number of rotatable bonds is 5. The van der Waals surface area contributed by atoms with Crippen molar-refractivity contribution in [1.29, 1.82) is 0 Å². The monoisotopic (exact) mass is 237 g/mol. The van der Waals surface area contributed by atoms with Crippen LogP contribution in [0.25, 0.3) is 0 Å². The van der Waals surface area contributed by atoms with Crippen LogP contribution in [0.5, 0.6) is 0 Å².